The Balaban J connectivity index is 2.85. The number of aromatic nitrogens is 1. The Labute approximate surface area is 107 Å². The molecule has 0 aliphatic heterocycles. The third-order valence-electron chi connectivity index (χ3n) is 2.96. The number of fused-ring (bicyclic) bond motifs is 1. The number of benzene rings is 1. The number of hydrogen-bond donors (Lipinski definition) is 1. The average molecular weight is 246 g/mol. The van der Waals surface area contributed by atoms with Crippen molar-refractivity contribution in [1.82, 2.24) is 4.98 Å². The molecule has 1 aromatic heterocycles. The monoisotopic (exact) mass is 246 g/mol. The molecule has 0 amide bonds. The number of hydrogen-bond acceptors (Lipinski definition) is 4. The summed E-state index contributed by atoms with van der Waals surface area (Å²) in [7, 11) is 3.26. The van der Waals surface area contributed by atoms with Crippen LogP contribution in [0.2, 0.25) is 0 Å². The molecule has 1 heterocycles. The molecule has 0 radical (unpaired) electrons. The second kappa shape index (κ2) is 4.82. The first-order valence-electron chi connectivity index (χ1n) is 5.85. The van der Waals surface area contributed by atoms with Gasteiger partial charge in [0, 0.05) is 23.2 Å². The van der Waals surface area contributed by atoms with E-state index in [9.17, 15) is 0 Å². The van der Waals surface area contributed by atoms with E-state index in [1.807, 2.05) is 32.0 Å². The van der Waals surface area contributed by atoms with Gasteiger partial charge in [0.2, 0.25) is 0 Å². The summed E-state index contributed by atoms with van der Waals surface area (Å²) < 4.78 is 10.7. The summed E-state index contributed by atoms with van der Waals surface area (Å²) in [4.78, 5) is 4.53. The summed E-state index contributed by atoms with van der Waals surface area (Å²) in [6.07, 6.45) is 0. The lowest BCUT2D eigenvalue weighted by atomic mass is 10.0. The number of nitrogens with two attached hydrogens (primary N) is 1. The molecule has 1 aromatic carbocycles. The molecule has 2 N–H and O–H groups in total. The lowest BCUT2D eigenvalue weighted by Crippen LogP contribution is -2.07. The maximum Gasteiger partial charge on any atom is 0.148 e. The molecule has 0 fully saturated rings. The van der Waals surface area contributed by atoms with Crippen molar-refractivity contribution in [3.8, 4) is 11.5 Å². The van der Waals surface area contributed by atoms with E-state index in [-0.39, 0.29) is 6.04 Å². The Bertz CT molecular complexity index is 580. The largest absolute Gasteiger partial charge is 0.497 e. The molecule has 1 atom stereocenters. The lowest BCUT2D eigenvalue weighted by Gasteiger charge is -2.14. The number of pyridine rings is 1. The summed E-state index contributed by atoms with van der Waals surface area (Å²) in [5.74, 6) is 1.45. The second-order valence-corrected chi connectivity index (χ2v) is 4.37. The predicted molar refractivity (Wildman–Crippen MR) is 72.2 cm³/mol. The Hall–Kier alpha value is -1.81. The van der Waals surface area contributed by atoms with Gasteiger partial charge in [-0.15, -0.1) is 0 Å². The van der Waals surface area contributed by atoms with Crippen LogP contribution < -0.4 is 15.2 Å². The Morgan fingerprint density at radius 1 is 1.17 bits per heavy atom. The van der Waals surface area contributed by atoms with Crippen LogP contribution in [0.3, 0.4) is 0 Å². The quantitative estimate of drug-likeness (QED) is 0.904. The van der Waals surface area contributed by atoms with Crippen LogP contribution in [0.15, 0.2) is 18.2 Å². The standard InChI is InChI=1S/C14H18N2O2/c1-8-5-11(9(2)15)12-6-10(17-3)7-13(18-4)14(12)16-8/h5-7,9H,15H2,1-4H3. The molecule has 0 saturated heterocycles. The highest BCUT2D eigenvalue weighted by Gasteiger charge is 2.13. The maximum absolute atomic E-state index is 6.02. The van der Waals surface area contributed by atoms with Crippen LogP contribution in [0, 0.1) is 6.92 Å². The fourth-order valence-corrected chi connectivity index (χ4v) is 2.08. The Kier molecular flexibility index (Phi) is 3.39. The smallest absolute Gasteiger partial charge is 0.148 e. The zero-order valence-electron chi connectivity index (χ0n) is 11.2. The van der Waals surface area contributed by atoms with E-state index in [0.29, 0.717) is 5.75 Å². The van der Waals surface area contributed by atoms with Gasteiger partial charge in [0.05, 0.1) is 14.2 Å². The number of nitrogens with zero attached hydrogens (tertiary/aromatic N) is 1. The van der Waals surface area contributed by atoms with E-state index < -0.39 is 0 Å². The van der Waals surface area contributed by atoms with Gasteiger partial charge in [-0.25, -0.2) is 4.98 Å². The molecule has 0 bridgehead atoms. The van der Waals surface area contributed by atoms with Crippen molar-refractivity contribution in [2.75, 3.05) is 14.2 Å². The van der Waals surface area contributed by atoms with Gasteiger partial charge in [0.15, 0.2) is 0 Å². The number of aryl methyl sites for hydroxylation is 1. The molecule has 0 spiro atoms. The van der Waals surface area contributed by atoms with Gasteiger partial charge in [0.1, 0.15) is 17.0 Å². The van der Waals surface area contributed by atoms with Crippen molar-refractivity contribution < 1.29 is 9.47 Å². The van der Waals surface area contributed by atoms with E-state index >= 15 is 0 Å². The molecule has 2 aromatic rings. The number of methoxy groups -OCH3 is 2. The fraction of sp³-hybridized carbons (Fsp3) is 0.357. The minimum absolute atomic E-state index is 0.0639. The van der Waals surface area contributed by atoms with Crippen LogP contribution in [-0.4, -0.2) is 19.2 Å². The van der Waals surface area contributed by atoms with Crippen LogP contribution in [0.1, 0.15) is 24.2 Å². The topological polar surface area (TPSA) is 57.4 Å². The first kappa shape index (κ1) is 12.6. The Morgan fingerprint density at radius 2 is 1.89 bits per heavy atom. The molecule has 0 aliphatic carbocycles. The molecule has 4 heteroatoms. The second-order valence-electron chi connectivity index (χ2n) is 4.37. The highest BCUT2D eigenvalue weighted by molar-refractivity contribution is 5.89. The number of rotatable bonds is 3. The van der Waals surface area contributed by atoms with Gasteiger partial charge in [-0.1, -0.05) is 0 Å². The highest BCUT2D eigenvalue weighted by atomic mass is 16.5. The van der Waals surface area contributed by atoms with Gasteiger partial charge >= 0.3 is 0 Å². The predicted octanol–water partition coefficient (Wildman–Crippen LogP) is 2.58. The van der Waals surface area contributed by atoms with Crippen molar-refractivity contribution in [3.05, 3.63) is 29.5 Å². The van der Waals surface area contributed by atoms with Crippen molar-refractivity contribution in [2.24, 2.45) is 5.73 Å². The fourth-order valence-electron chi connectivity index (χ4n) is 2.08. The van der Waals surface area contributed by atoms with Crippen molar-refractivity contribution in [2.45, 2.75) is 19.9 Å². The van der Waals surface area contributed by atoms with Crippen LogP contribution in [0.5, 0.6) is 11.5 Å². The van der Waals surface area contributed by atoms with Crippen LogP contribution >= 0.6 is 0 Å². The zero-order chi connectivity index (χ0) is 13.3. The van der Waals surface area contributed by atoms with E-state index in [2.05, 4.69) is 4.98 Å². The molecule has 0 saturated carbocycles. The van der Waals surface area contributed by atoms with Crippen LogP contribution in [0.25, 0.3) is 10.9 Å². The van der Waals surface area contributed by atoms with E-state index in [4.69, 9.17) is 15.2 Å². The van der Waals surface area contributed by atoms with Gasteiger partial charge in [-0.05, 0) is 31.5 Å². The van der Waals surface area contributed by atoms with Crippen molar-refractivity contribution in [1.29, 1.82) is 0 Å². The molecular formula is C14H18N2O2. The van der Waals surface area contributed by atoms with E-state index in [1.165, 1.54) is 0 Å². The van der Waals surface area contributed by atoms with Gasteiger partial charge < -0.3 is 15.2 Å². The summed E-state index contributed by atoms with van der Waals surface area (Å²) in [5, 5.41) is 0.979. The molecule has 96 valence electrons. The van der Waals surface area contributed by atoms with Gasteiger partial charge in [-0.3, -0.25) is 0 Å². The normalized spacial score (nSPS) is 12.5. The van der Waals surface area contributed by atoms with E-state index in [1.54, 1.807) is 14.2 Å². The number of ether oxygens (including phenoxy) is 2. The first-order valence-corrected chi connectivity index (χ1v) is 5.85. The molecule has 18 heavy (non-hydrogen) atoms. The molecular weight excluding hydrogens is 228 g/mol. The Morgan fingerprint density at radius 3 is 2.44 bits per heavy atom. The maximum atomic E-state index is 6.02. The summed E-state index contributed by atoms with van der Waals surface area (Å²) >= 11 is 0. The summed E-state index contributed by atoms with van der Waals surface area (Å²) in [5.41, 5.74) is 8.83. The third kappa shape index (κ3) is 2.11. The molecule has 0 aliphatic rings. The summed E-state index contributed by atoms with van der Waals surface area (Å²) in [6.45, 7) is 3.91. The van der Waals surface area contributed by atoms with Gasteiger partial charge in [-0.2, -0.15) is 0 Å². The van der Waals surface area contributed by atoms with E-state index in [0.717, 1.165) is 27.9 Å². The molecule has 2 rings (SSSR count). The molecule has 1 unspecified atom stereocenters. The average Bonchev–Trinajstić information content (AvgIpc) is 2.36. The van der Waals surface area contributed by atoms with Gasteiger partial charge in [0.25, 0.3) is 0 Å². The van der Waals surface area contributed by atoms with Crippen molar-refractivity contribution in [3.63, 3.8) is 0 Å². The molecule has 4 nitrogen and oxygen atoms in total. The first-order chi connectivity index (χ1) is 8.56. The lowest BCUT2D eigenvalue weighted by molar-refractivity contribution is 0.397. The minimum Gasteiger partial charge on any atom is -0.497 e. The summed E-state index contributed by atoms with van der Waals surface area (Å²) in [6, 6.07) is 5.72. The minimum atomic E-state index is -0.0639. The van der Waals surface area contributed by atoms with Crippen LogP contribution in [0.4, 0.5) is 0 Å². The van der Waals surface area contributed by atoms with Crippen molar-refractivity contribution >= 4 is 10.9 Å². The highest BCUT2D eigenvalue weighted by Crippen LogP contribution is 2.33. The third-order valence-corrected chi connectivity index (χ3v) is 2.96. The van der Waals surface area contributed by atoms with Crippen LogP contribution in [-0.2, 0) is 0 Å². The zero-order valence-corrected chi connectivity index (χ0v) is 11.2. The SMILES string of the molecule is COc1cc(OC)c2nc(C)cc(C(C)N)c2c1.